The Hall–Kier alpha value is 0.760. The van der Waals surface area contributed by atoms with Crippen LogP contribution in [-0.4, -0.2) is 0 Å². The minimum absolute atomic E-state index is 0.619. The maximum atomic E-state index is 5.97. The largest absolute Gasteiger partial charge is 0.0827 e. The van der Waals surface area contributed by atoms with Gasteiger partial charge in [-0.05, 0) is 56.8 Å². The highest BCUT2D eigenvalue weighted by Crippen LogP contribution is 2.40. The van der Waals surface area contributed by atoms with Gasteiger partial charge in [-0.25, -0.2) is 0 Å². The standard InChI is InChI=1S/C8H5Br2Cl2/c1-3-5(9)7(11)4(2)8(12)6(3)10/h1H2,2H3. The fourth-order valence-corrected chi connectivity index (χ4v) is 2.51. The molecule has 0 N–H and O–H groups in total. The molecule has 0 atom stereocenters. The highest BCUT2D eigenvalue weighted by molar-refractivity contribution is 9.11. The molecule has 65 valence electrons. The lowest BCUT2D eigenvalue weighted by Crippen LogP contribution is -1.87. The van der Waals surface area contributed by atoms with Crippen LogP contribution in [0.25, 0.3) is 0 Å². The Labute approximate surface area is 98.5 Å². The Morgan fingerprint density at radius 2 is 1.42 bits per heavy atom. The van der Waals surface area contributed by atoms with Crippen LogP contribution in [0, 0.1) is 13.8 Å². The van der Waals surface area contributed by atoms with Crippen molar-refractivity contribution in [1.82, 2.24) is 0 Å². The van der Waals surface area contributed by atoms with Gasteiger partial charge in [-0.3, -0.25) is 0 Å². The van der Waals surface area contributed by atoms with Gasteiger partial charge in [-0.2, -0.15) is 0 Å². The lowest BCUT2D eigenvalue weighted by Gasteiger charge is -2.09. The summed E-state index contributed by atoms with van der Waals surface area (Å²) in [5.41, 5.74) is 1.63. The van der Waals surface area contributed by atoms with E-state index in [1.54, 1.807) is 0 Å². The molecule has 0 spiro atoms. The van der Waals surface area contributed by atoms with Crippen molar-refractivity contribution in [3.05, 3.63) is 37.0 Å². The second-order valence-corrected chi connectivity index (χ2v) is 4.70. The highest BCUT2D eigenvalue weighted by atomic mass is 79.9. The molecule has 0 aliphatic heterocycles. The molecule has 0 saturated heterocycles. The normalized spacial score (nSPS) is 10.5. The van der Waals surface area contributed by atoms with E-state index in [0.29, 0.717) is 10.0 Å². The second kappa shape index (κ2) is 3.87. The van der Waals surface area contributed by atoms with E-state index in [9.17, 15) is 0 Å². The molecule has 0 unspecified atom stereocenters. The van der Waals surface area contributed by atoms with Crippen LogP contribution in [0.3, 0.4) is 0 Å². The van der Waals surface area contributed by atoms with Crippen LogP contribution in [-0.2, 0) is 0 Å². The van der Waals surface area contributed by atoms with Gasteiger partial charge in [0.05, 0.1) is 10.0 Å². The molecule has 0 fully saturated rings. The van der Waals surface area contributed by atoms with Gasteiger partial charge in [0.1, 0.15) is 0 Å². The molecular weight excluding hydrogens is 327 g/mol. The smallest absolute Gasteiger partial charge is 0.0595 e. The van der Waals surface area contributed by atoms with Gasteiger partial charge in [0.15, 0.2) is 0 Å². The Morgan fingerprint density at radius 3 is 1.75 bits per heavy atom. The van der Waals surface area contributed by atoms with Crippen molar-refractivity contribution in [2.24, 2.45) is 0 Å². The zero-order valence-electron chi connectivity index (χ0n) is 6.22. The van der Waals surface area contributed by atoms with E-state index in [1.165, 1.54) is 0 Å². The lowest BCUT2D eigenvalue weighted by molar-refractivity contribution is 1.39. The van der Waals surface area contributed by atoms with Gasteiger partial charge in [0.2, 0.25) is 0 Å². The molecule has 0 heterocycles. The first-order valence-electron chi connectivity index (χ1n) is 3.11. The molecule has 1 rings (SSSR count). The summed E-state index contributed by atoms with van der Waals surface area (Å²) in [5, 5.41) is 1.24. The highest BCUT2D eigenvalue weighted by Gasteiger charge is 2.13. The Kier molecular flexibility index (Phi) is 3.49. The number of benzene rings is 1. The van der Waals surface area contributed by atoms with Crippen molar-refractivity contribution in [2.75, 3.05) is 0 Å². The molecule has 0 aliphatic rings. The summed E-state index contributed by atoms with van der Waals surface area (Å²) in [6.45, 7) is 5.68. The Bertz CT molecular complexity index is 229. The van der Waals surface area contributed by atoms with Crippen LogP contribution < -0.4 is 0 Å². The summed E-state index contributed by atoms with van der Waals surface area (Å²) in [5.74, 6) is 0. The molecule has 1 aromatic rings. The van der Waals surface area contributed by atoms with Crippen molar-refractivity contribution < 1.29 is 0 Å². The third-order valence-electron chi connectivity index (χ3n) is 1.57. The summed E-state index contributed by atoms with van der Waals surface area (Å²) >= 11 is 18.6. The predicted octanol–water partition coefficient (Wildman–Crippen LogP) is 5.01. The second-order valence-electron chi connectivity index (χ2n) is 2.36. The molecule has 1 aromatic carbocycles. The van der Waals surface area contributed by atoms with Gasteiger partial charge in [-0.1, -0.05) is 23.2 Å². The quantitative estimate of drug-likeness (QED) is 0.586. The lowest BCUT2D eigenvalue weighted by atomic mass is 10.2. The van der Waals surface area contributed by atoms with Crippen LogP contribution in [0.1, 0.15) is 11.1 Å². The monoisotopic (exact) mass is 329 g/mol. The van der Waals surface area contributed by atoms with E-state index >= 15 is 0 Å². The summed E-state index contributed by atoms with van der Waals surface area (Å²) in [6, 6.07) is 0. The van der Waals surface area contributed by atoms with Gasteiger partial charge >= 0.3 is 0 Å². The Balaban J connectivity index is 3.60. The van der Waals surface area contributed by atoms with Gasteiger partial charge < -0.3 is 0 Å². The van der Waals surface area contributed by atoms with Crippen LogP contribution in [0.15, 0.2) is 8.95 Å². The predicted molar refractivity (Wildman–Crippen MR) is 61.1 cm³/mol. The van der Waals surface area contributed by atoms with Crippen molar-refractivity contribution in [1.29, 1.82) is 0 Å². The molecule has 4 heteroatoms. The molecule has 0 nitrogen and oxygen atoms in total. The maximum absolute atomic E-state index is 5.97. The molecule has 0 amide bonds. The van der Waals surface area contributed by atoms with Crippen molar-refractivity contribution >= 4 is 55.1 Å². The van der Waals surface area contributed by atoms with Crippen LogP contribution >= 0.6 is 55.1 Å². The molecule has 1 radical (unpaired) electrons. The molecule has 0 aromatic heterocycles. The van der Waals surface area contributed by atoms with E-state index < -0.39 is 0 Å². The average molecular weight is 332 g/mol. The van der Waals surface area contributed by atoms with Crippen molar-refractivity contribution in [2.45, 2.75) is 6.92 Å². The summed E-state index contributed by atoms with van der Waals surface area (Å²) in [7, 11) is 0. The van der Waals surface area contributed by atoms with Crippen LogP contribution in [0.2, 0.25) is 10.0 Å². The number of rotatable bonds is 0. The van der Waals surface area contributed by atoms with Gasteiger partial charge in [0.25, 0.3) is 0 Å². The fraction of sp³-hybridized carbons (Fsp3) is 0.125. The molecule has 0 saturated carbocycles. The minimum Gasteiger partial charge on any atom is -0.0827 e. The summed E-state index contributed by atoms with van der Waals surface area (Å²) in [4.78, 5) is 0. The summed E-state index contributed by atoms with van der Waals surface area (Å²) < 4.78 is 1.58. The summed E-state index contributed by atoms with van der Waals surface area (Å²) in [6.07, 6.45) is 0. The SMILES string of the molecule is [CH2]c1c(Br)c(Cl)c(C)c(Cl)c1Br. The van der Waals surface area contributed by atoms with Gasteiger partial charge in [0, 0.05) is 8.95 Å². The van der Waals surface area contributed by atoms with E-state index in [1.807, 2.05) is 6.92 Å². The molecule has 12 heavy (non-hydrogen) atoms. The number of halogens is 4. The third kappa shape index (κ3) is 1.67. The van der Waals surface area contributed by atoms with E-state index in [2.05, 4.69) is 38.8 Å². The fourth-order valence-electron chi connectivity index (χ4n) is 0.787. The van der Waals surface area contributed by atoms with Crippen LogP contribution in [0.5, 0.6) is 0 Å². The van der Waals surface area contributed by atoms with Crippen LogP contribution in [0.4, 0.5) is 0 Å². The first kappa shape index (κ1) is 10.8. The van der Waals surface area contributed by atoms with Crippen molar-refractivity contribution in [3.63, 3.8) is 0 Å². The first-order chi connectivity index (χ1) is 5.46. The van der Waals surface area contributed by atoms with E-state index in [4.69, 9.17) is 23.2 Å². The van der Waals surface area contributed by atoms with Gasteiger partial charge in [-0.15, -0.1) is 0 Å². The maximum Gasteiger partial charge on any atom is 0.0595 e. The third-order valence-corrected chi connectivity index (χ3v) is 4.73. The number of hydrogen-bond acceptors (Lipinski definition) is 0. The molecule has 0 aliphatic carbocycles. The van der Waals surface area contributed by atoms with Crippen molar-refractivity contribution in [3.8, 4) is 0 Å². The topological polar surface area (TPSA) is 0 Å². The average Bonchev–Trinajstić information content (AvgIpc) is 2.08. The molecular formula is C8H5Br2Cl2. The first-order valence-corrected chi connectivity index (χ1v) is 5.45. The zero-order valence-corrected chi connectivity index (χ0v) is 10.9. The Morgan fingerprint density at radius 1 is 1.08 bits per heavy atom. The zero-order chi connectivity index (χ0) is 9.46. The number of hydrogen-bond donors (Lipinski definition) is 0. The van der Waals surface area contributed by atoms with E-state index in [0.717, 1.165) is 20.1 Å². The minimum atomic E-state index is 0.619. The molecule has 0 bridgehead atoms. The van der Waals surface area contributed by atoms with E-state index in [-0.39, 0.29) is 0 Å².